The van der Waals surface area contributed by atoms with Crippen molar-refractivity contribution < 1.29 is 14.3 Å². The molecule has 156 valence electrons. The summed E-state index contributed by atoms with van der Waals surface area (Å²) >= 11 is 0. The molecule has 0 atom stereocenters. The van der Waals surface area contributed by atoms with Gasteiger partial charge in [0.15, 0.2) is 17.3 Å². The topological polar surface area (TPSA) is 59.6 Å². The fraction of sp³-hybridized carbons (Fsp3) is 0.115. The molecule has 1 aliphatic carbocycles. The van der Waals surface area contributed by atoms with E-state index < -0.39 is 0 Å². The van der Waals surface area contributed by atoms with Gasteiger partial charge in [0.2, 0.25) is 6.79 Å². The largest absolute Gasteiger partial charge is 0.454 e. The number of nitrogens with one attached hydrogen (secondary N) is 2. The van der Waals surface area contributed by atoms with Crippen LogP contribution in [0.15, 0.2) is 96.6 Å². The molecule has 1 aliphatic heterocycles. The maximum atomic E-state index is 11.1. The summed E-state index contributed by atoms with van der Waals surface area (Å²) in [5.74, 6) is 1.57. The van der Waals surface area contributed by atoms with Gasteiger partial charge in [-0.05, 0) is 47.1 Å². The molecule has 1 heterocycles. The van der Waals surface area contributed by atoms with Gasteiger partial charge in [0, 0.05) is 18.7 Å². The van der Waals surface area contributed by atoms with Gasteiger partial charge in [0.25, 0.3) is 0 Å². The fourth-order valence-corrected chi connectivity index (χ4v) is 3.07. The first kappa shape index (κ1) is 20.6. The van der Waals surface area contributed by atoms with Crippen LogP contribution in [0.25, 0.3) is 6.08 Å². The second kappa shape index (κ2) is 10.4. The molecule has 0 spiro atoms. The predicted molar refractivity (Wildman–Crippen MR) is 121 cm³/mol. The Morgan fingerprint density at radius 2 is 1.35 bits per heavy atom. The van der Waals surface area contributed by atoms with Gasteiger partial charge >= 0.3 is 0 Å². The first-order valence-corrected chi connectivity index (χ1v) is 10.2. The molecule has 0 fully saturated rings. The number of carbonyl (C=O) groups excluding carboxylic acids is 1. The quantitative estimate of drug-likeness (QED) is 0.357. The molecule has 0 amide bonds. The van der Waals surface area contributed by atoms with Crippen LogP contribution in [0, 0.1) is 0 Å². The van der Waals surface area contributed by atoms with Crippen molar-refractivity contribution in [1.82, 2.24) is 10.9 Å². The first-order chi connectivity index (χ1) is 15.3. The Labute approximate surface area is 182 Å². The fourth-order valence-electron chi connectivity index (χ4n) is 3.07. The lowest BCUT2D eigenvalue weighted by molar-refractivity contribution is -0.111. The molecule has 3 aromatic rings. The molecule has 5 heteroatoms. The van der Waals surface area contributed by atoms with E-state index in [-0.39, 0.29) is 12.6 Å². The van der Waals surface area contributed by atoms with E-state index in [0.29, 0.717) is 0 Å². The highest BCUT2D eigenvalue weighted by atomic mass is 16.7. The highest BCUT2D eigenvalue weighted by Gasteiger charge is 2.15. The maximum Gasteiger partial charge on any atom is 0.231 e. The highest BCUT2D eigenvalue weighted by molar-refractivity contribution is 6.16. The normalized spacial score (nSPS) is 14.7. The van der Waals surface area contributed by atoms with Crippen molar-refractivity contribution in [2.24, 2.45) is 0 Å². The Hall–Kier alpha value is -3.67. The number of ketones is 1. The summed E-state index contributed by atoms with van der Waals surface area (Å²) < 4.78 is 10.4. The molecule has 2 aliphatic rings. The number of allylic oxidation sites excluding steroid dienone is 3. The molecule has 0 saturated carbocycles. The van der Waals surface area contributed by atoms with E-state index in [1.807, 2.05) is 60.7 Å². The second-order valence-electron chi connectivity index (χ2n) is 7.09. The Morgan fingerprint density at radius 3 is 1.90 bits per heavy atom. The zero-order valence-electron chi connectivity index (χ0n) is 17.1. The predicted octanol–water partition coefficient (Wildman–Crippen LogP) is 4.42. The van der Waals surface area contributed by atoms with E-state index in [2.05, 4.69) is 35.1 Å². The van der Waals surface area contributed by atoms with Crippen molar-refractivity contribution in [3.8, 4) is 11.5 Å². The van der Waals surface area contributed by atoms with E-state index in [1.54, 1.807) is 12.2 Å². The summed E-state index contributed by atoms with van der Waals surface area (Å²) in [6.07, 6.45) is 5.19. The van der Waals surface area contributed by atoms with E-state index in [9.17, 15) is 4.79 Å². The number of rotatable bonds is 6. The first-order valence-electron chi connectivity index (χ1n) is 10.2. The third kappa shape index (κ3) is 5.92. The molecule has 0 aromatic heterocycles. The van der Waals surface area contributed by atoms with Crippen molar-refractivity contribution in [2.75, 3.05) is 6.79 Å². The maximum absolute atomic E-state index is 11.1. The lowest BCUT2D eigenvalue weighted by atomic mass is 9.98. The van der Waals surface area contributed by atoms with E-state index >= 15 is 0 Å². The SMILES string of the molecule is O=C1C=CC1=Cc1ccc2c(c1)OCO2.c1ccc(CNNCc2ccccc2)cc1. The van der Waals surface area contributed by atoms with Gasteiger partial charge in [0.05, 0.1) is 0 Å². The van der Waals surface area contributed by atoms with E-state index in [1.165, 1.54) is 11.1 Å². The van der Waals surface area contributed by atoms with Crippen molar-refractivity contribution in [3.63, 3.8) is 0 Å². The summed E-state index contributed by atoms with van der Waals surface area (Å²) in [5, 5.41) is 0. The van der Waals surface area contributed by atoms with Gasteiger partial charge in [-0.15, -0.1) is 0 Å². The molecule has 0 radical (unpaired) electrons. The Bertz CT molecular complexity index is 1030. The summed E-state index contributed by atoms with van der Waals surface area (Å²) in [7, 11) is 0. The lowest BCUT2D eigenvalue weighted by Crippen LogP contribution is -2.30. The van der Waals surface area contributed by atoms with Crippen molar-refractivity contribution in [2.45, 2.75) is 13.1 Å². The van der Waals surface area contributed by atoms with Crippen LogP contribution < -0.4 is 20.3 Å². The Kier molecular flexibility index (Phi) is 6.90. The van der Waals surface area contributed by atoms with Gasteiger partial charge in [-0.1, -0.05) is 66.7 Å². The van der Waals surface area contributed by atoms with Crippen molar-refractivity contribution in [1.29, 1.82) is 0 Å². The zero-order chi connectivity index (χ0) is 21.3. The monoisotopic (exact) mass is 412 g/mol. The summed E-state index contributed by atoms with van der Waals surface area (Å²) in [5.41, 5.74) is 10.6. The molecular formula is C26H24N2O3. The van der Waals surface area contributed by atoms with Crippen molar-refractivity contribution >= 4 is 11.9 Å². The van der Waals surface area contributed by atoms with Crippen molar-refractivity contribution in [3.05, 3.63) is 113 Å². The number of ether oxygens (including phenoxy) is 2. The average molecular weight is 412 g/mol. The van der Waals surface area contributed by atoms with Crippen LogP contribution in [0.2, 0.25) is 0 Å². The van der Waals surface area contributed by atoms with Crippen LogP contribution in [0.4, 0.5) is 0 Å². The highest BCUT2D eigenvalue weighted by Crippen LogP contribution is 2.33. The molecule has 2 N–H and O–H groups in total. The van der Waals surface area contributed by atoms with Crippen LogP contribution in [-0.4, -0.2) is 12.6 Å². The number of hydrazine groups is 1. The van der Waals surface area contributed by atoms with E-state index in [4.69, 9.17) is 9.47 Å². The number of hydrogen-bond donors (Lipinski definition) is 2. The third-order valence-corrected chi connectivity index (χ3v) is 4.81. The standard InChI is InChI=1S/C14H16N2.C12H8O3/c1-3-7-13(8-4-1)11-15-16-12-14-9-5-2-6-10-14;13-10-3-2-9(10)5-8-1-4-11-12(6-8)15-7-14-11/h1-10,15-16H,11-12H2;1-6H,7H2. The summed E-state index contributed by atoms with van der Waals surface area (Å²) in [6.45, 7) is 1.95. The van der Waals surface area contributed by atoms with Crippen LogP contribution in [0.1, 0.15) is 16.7 Å². The molecule has 0 bridgehead atoms. The van der Waals surface area contributed by atoms with Crippen LogP contribution in [-0.2, 0) is 17.9 Å². The van der Waals surface area contributed by atoms with Gasteiger partial charge in [-0.2, -0.15) is 0 Å². The zero-order valence-corrected chi connectivity index (χ0v) is 17.1. The van der Waals surface area contributed by atoms with Crippen LogP contribution in [0.3, 0.4) is 0 Å². The smallest absolute Gasteiger partial charge is 0.231 e. The molecule has 0 saturated heterocycles. The molecule has 31 heavy (non-hydrogen) atoms. The number of hydrogen-bond acceptors (Lipinski definition) is 5. The number of fused-ring (bicyclic) bond motifs is 1. The minimum Gasteiger partial charge on any atom is -0.454 e. The summed E-state index contributed by atoms with van der Waals surface area (Å²) in [4.78, 5) is 11.1. The van der Waals surface area contributed by atoms with Gasteiger partial charge in [-0.25, -0.2) is 0 Å². The van der Waals surface area contributed by atoms with Crippen LogP contribution in [0.5, 0.6) is 11.5 Å². The van der Waals surface area contributed by atoms with Gasteiger partial charge < -0.3 is 9.47 Å². The molecule has 3 aromatic carbocycles. The average Bonchev–Trinajstić information content (AvgIpc) is 3.29. The summed E-state index contributed by atoms with van der Waals surface area (Å²) in [6, 6.07) is 26.3. The second-order valence-corrected chi connectivity index (χ2v) is 7.09. The van der Waals surface area contributed by atoms with Gasteiger partial charge in [0.1, 0.15) is 0 Å². The minimum atomic E-state index is 0.0765. The van der Waals surface area contributed by atoms with Gasteiger partial charge in [-0.3, -0.25) is 15.6 Å². The van der Waals surface area contributed by atoms with E-state index in [0.717, 1.165) is 35.7 Å². The Morgan fingerprint density at radius 1 is 0.742 bits per heavy atom. The lowest BCUT2D eigenvalue weighted by Gasteiger charge is -2.06. The van der Waals surface area contributed by atoms with Crippen LogP contribution >= 0.6 is 0 Å². The number of carbonyl (C=O) groups is 1. The molecule has 5 rings (SSSR count). The minimum absolute atomic E-state index is 0.0765. The molecule has 0 unspecified atom stereocenters. The third-order valence-electron chi connectivity index (χ3n) is 4.81. The molecule has 5 nitrogen and oxygen atoms in total. The molecular weight excluding hydrogens is 388 g/mol. The Balaban J connectivity index is 0.000000149. The number of benzene rings is 3.